The molecule has 0 radical (unpaired) electrons. The molecule has 0 fully saturated rings. The molecule has 0 unspecified atom stereocenters. The van der Waals surface area contributed by atoms with Crippen LogP contribution in [0.1, 0.15) is 22.5 Å². The highest BCUT2D eigenvalue weighted by Crippen LogP contribution is 2.27. The summed E-state index contributed by atoms with van der Waals surface area (Å²) in [5.74, 6) is 0.193. The van der Waals surface area contributed by atoms with E-state index in [4.69, 9.17) is 0 Å². The Hall–Kier alpha value is -4.13. The number of benzene rings is 3. The van der Waals surface area contributed by atoms with Crippen LogP contribution in [0.4, 0.5) is 22.0 Å². The molecule has 1 aromatic heterocycles. The van der Waals surface area contributed by atoms with E-state index in [-0.39, 0.29) is 24.5 Å². The fraction of sp³-hybridized carbons (Fsp3) is 0.167. The van der Waals surface area contributed by atoms with E-state index >= 15 is 0 Å². The molecule has 0 amide bonds. The van der Waals surface area contributed by atoms with E-state index in [1.54, 1.807) is 41.0 Å². The van der Waals surface area contributed by atoms with Gasteiger partial charge in [-0.3, -0.25) is 0 Å². The van der Waals surface area contributed by atoms with Gasteiger partial charge in [0.1, 0.15) is 17.3 Å². The van der Waals surface area contributed by atoms with Crippen molar-refractivity contribution in [3.63, 3.8) is 0 Å². The lowest BCUT2D eigenvalue weighted by Crippen LogP contribution is -2.17. The molecule has 34 heavy (non-hydrogen) atoms. The number of imidazole rings is 1. The van der Waals surface area contributed by atoms with Gasteiger partial charge in [0.15, 0.2) is 0 Å². The van der Waals surface area contributed by atoms with Crippen LogP contribution in [0.2, 0.25) is 0 Å². The maximum Gasteiger partial charge on any atom is 0.573 e. The molecule has 174 valence electrons. The second kappa shape index (κ2) is 9.39. The zero-order valence-corrected chi connectivity index (χ0v) is 17.4. The summed E-state index contributed by atoms with van der Waals surface area (Å²) in [6.07, 6.45) is -4.55. The van der Waals surface area contributed by atoms with Crippen molar-refractivity contribution in [3.8, 4) is 17.6 Å². The number of rotatable bonds is 7. The summed E-state index contributed by atoms with van der Waals surface area (Å²) in [6.45, 7) is -2.87. The van der Waals surface area contributed by atoms with Gasteiger partial charge in [-0.25, -0.2) is 4.98 Å². The number of alkyl halides is 5. The van der Waals surface area contributed by atoms with Crippen LogP contribution in [-0.2, 0) is 13.0 Å². The molecule has 1 heterocycles. The van der Waals surface area contributed by atoms with Crippen LogP contribution in [0.5, 0.6) is 11.5 Å². The van der Waals surface area contributed by atoms with Crippen molar-refractivity contribution in [2.45, 2.75) is 25.9 Å². The average molecular weight is 473 g/mol. The molecule has 0 N–H and O–H groups in total. The zero-order valence-electron chi connectivity index (χ0n) is 17.4. The highest BCUT2D eigenvalue weighted by atomic mass is 19.4. The van der Waals surface area contributed by atoms with Crippen molar-refractivity contribution < 1.29 is 31.4 Å². The van der Waals surface area contributed by atoms with E-state index in [2.05, 4.69) is 20.5 Å². The number of aromatic nitrogens is 2. The van der Waals surface area contributed by atoms with Gasteiger partial charge in [0.05, 0.1) is 29.2 Å². The normalized spacial score (nSPS) is 11.6. The third-order valence-electron chi connectivity index (χ3n) is 4.99. The minimum Gasteiger partial charge on any atom is -0.434 e. The van der Waals surface area contributed by atoms with Gasteiger partial charge in [0.25, 0.3) is 0 Å². The summed E-state index contributed by atoms with van der Waals surface area (Å²) >= 11 is 0. The first-order valence-corrected chi connectivity index (χ1v) is 9.98. The summed E-state index contributed by atoms with van der Waals surface area (Å²) < 4.78 is 73.3. The molecule has 0 bridgehead atoms. The Morgan fingerprint density at radius 1 is 1.00 bits per heavy atom. The largest absolute Gasteiger partial charge is 0.573 e. The predicted molar refractivity (Wildman–Crippen MR) is 113 cm³/mol. The molecule has 4 aromatic rings. The maximum atomic E-state index is 12.9. The fourth-order valence-electron chi connectivity index (χ4n) is 3.56. The van der Waals surface area contributed by atoms with Crippen LogP contribution in [0.25, 0.3) is 11.0 Å². The standard InChI is InChI=1S/C24H16F5N3O2/c25-23(26)33-21-4-2-1-3-17(21)14-32-20-11-16(13-30)7-10-19(20)31-22(32)12-15-5-8-18(9-6-15)34-24(27,28)29/h1-11,23H,12,14H2. The monoisotopic (exact) mass is 473 g/mol. The highest BCUT2D eigenvalue weighted by Gasteiger charge is 2.31. The number of halogens is 5. The summed E-state index contributed by atoms with van der Waals surface area (Å²) in [5, 5.41) is 9.29. The van der Waals surface area contributed by atoms with Crippen LogP contribution in [0, 0.1) is 11.3 Å². The van der Waals surface area contributed by atoms with Gasteiger partial charge in [0.2, 0.25) is 0 Å². The van der Waals surface area contributed by atoms with Gasteiger partial charge in [-0.15, -0.1) is 13.2 Å². The minimum atomic E-state index is -4.79. The van der Waals surface area contributed by atoms with Gasteiger partial charge in [-0.2, -0.15) is 14.0 Å². The molecule has 0 saturated heterocycles. The Morgan fingerprint density at radius 2 is 1.74 bits per heavy atom. The first kappa shape index (κ1) is 23.0. The van der Waals surface area contributed by atoms with Crippen LogP contribution in [0.15, 0.2) is 66.7 Å². The lowest BCUT2D eigenvalue weighted by atomic mass is 10.1. The van der Waals surface area contributed by atoms with Crippen molar-refractivity contribution in [3.05, 3.63) is 89.2 Å². The lowest BCUT2D eigenvalue weighted by molar-refractivity contribution is -0.274. The molecule has 0 atom stereocenters. The van der Waals surface area contributed by atoms with Crippen LogP contribution in [0.3, 0.4) is 0 Å². The lowest BCUT2D eigenvalue weighted by Gasteiger charge is -2.14. The van der Waals surface area contributed by atoms with Crippen molar-refractivity contribution in [2.24, 2.45) is 0 Å². The van der Waals surface area contributed by atoms with Crippen molar-refractivity contribution in [2.75, 3.05) is 0 Å². The quantitative estimate of drug-likeness (QED) is 0.307. The van der Waals surface area contributed by atoms with Crippen LogP contribution in [-0.4, -0.2) is 22.5 Å². The molecule has 10 heteroatoms. The summed E-state index contributed by atoms with van der Waals surface area (Å²) in [6, 6.07) is 18.7. The van der Waals surface area contributed by atoms with Crippen molar-refractivity contribution in [1.82, 2.24) is 9.55 Å². The smallest absolute Gasteiger partial charge is 0.434 e. The molecule has 3 aromatic carbocycles. The first-order chi connectivity index (χ1) is 16.2. The van der Waals surface area contributed by atoms with Crippen LogP contribution >= 0.6 is 0 Å². The number of fused-ring (bicyclic) bond motifs is 1. The van der Waals surface area contributed by atoms with Crippen molar-refractivity contribution >= 4 is 11.0 Å². The third kappa shape index (κ3) is 5.43. The summed E-state index contributed by atoms with van der Waals surface area (Å²) in [7, 11) is 0. The van der Waals surface area contributed by atoms with E-state index in [0.29, 0.717) is 33.5 Å². The average Bonchev–Trinajstić information content (AvgIpc) is 3.11. The zero-order chi connectivity index (χ0) is 24.3. The topological polar surface area (TPSA) is 60.1 Å². The number of para-hydroxylation sites is 1. The van der Waals surface area contributed by atoms with E-state index in [9.17, 15) is 27.2 Å². The Balaban J connectivity index is 1.72. The molecule has 0 saturated carbocycles. The Bertz CT molecular complexity index is 1340. The molecular formula is C24H16F5N3O2. The first-order valence-electron chi connectivity index (χ1n) is 9.98. The molecule has 0 aliphatic heterocycles. The number of nitrogens with zero attached hydrogens (tertiary/aromatic N) is 3. The molecule has 4 rings (SSSR count). The van der Waals surface area contributed by atoms with E-state index < -0.39 is 13.0 Å². The van der Waals surface area contributed by atoms with Crippen molar-refractivity contribution in [1.29, 1.82) is 5.26 Å². The van der Waals surface area contributed by atoms with Gasteiger partial charge in [-0.1, -0.05) is 30.3 Å². The van der Waals surface area contributed by atoms with Gasteiger partial charge < -0.3 is 14.0 Å². The molecule has 5 nitrogen and oxygen atoms in total. The van der Waals surface area contributed by atoms with E-state index in [1.807, 2.05) is 0 Å². The molecule has 0 aliphatic rings. The second-order valence-electron chi connectivity index (χ2n) is 7.28. The third-order valence-corrected chi connectivity index (χ3v) is 4.99. The SMILES string of the molecule is N#Cc1ccc2nc(Cc3ccc(OC(F)(F)F)cc3)n(Cc3ccccc3OC(F)F)c2c1. The van der Waals surface area contributed by atoms with Crippen LogP contribution < -0.4 is 9.47 Å². The minimum absolute atomic E-state index is 0.00962. The van der Waals surface area contributed by atoms with Gasteiger partial charge in [-0.05, 0) is 42.0 Å². The Kier molecular flexibility index (Phi) is 6.36. The number of nitriles is 1. The van der Waals surface area contributed by atoms with E-state index in [0.717, 1.165) is 0 Å². The van der Waals surface area contributed by atoms with Gasteiger partial charge in [0, 0.05) is 12.0 Å². The number of hydrogen-bond acceptors (Lipinski definition) is 4. The Labute approximate surface area is 190 Å². The highest BCUT2D eigenvalue weighted by molar-refractivity contribution is 5.78. The van der Waals surface area contributed by atoms with E-state index in [1.165, 1.54) is 30.3 Å². The molecular weight excluding hydrogens is 457 g/mol. The maximum absolute atomic E-state index is 12.9. The predicted octanol–water partition coefficient (Wildman–Crippen LogP) is 6.05. The number of hydrogen-bond donors (Lipinski definition) is 0. The molecule has 0 aliphatic carbocycles. The summed E-state index contributed by atoms with van der Waals surface area (Å²) in [5.41, 5.74) is 2.71. The second-order valence-corrected chi connectivity index (χ2v) is 7.28. The molecule has 0 spiro atoms. The number of ether oxygens (including phenoxy) is 2. The Morgan fingerprint density at radius 3 is 2.41 bits per heavy atom. The fourth-order valence-corrected chi connectivity index (χ4v) is 3.56. The van der Waals surface area contributed by atoms with Gasteiger partial charge >= 0.3 is 13.0 Å². The summed E-state index contributed by atoms with van der Waals surface area (Å²) in [4.78, 5) is 4.61.